The van der Waals surface area contributed by atoms with E-state index in [1.54, 1.807) is 18.0 Å². The first-order valence-corrected chi connectivity index (χ1v) is 6.07. The lowest BCUT2D eigenvalue weighted by Crippen LogP contribution is -1.82. The molecule has 4 heteroatoms. The van der Waals surface area contributed by atoms with E-state index in [0.717, 1.165) is 20.1 Å². The van der Waals surface area contributed by atoms with Crippen LogP contribution in [-0.2, 0) is 0 Å². The Kier molecular flexibility index (Phi) is 3.38. The van der Waals surface area contributed by atoms with Gasteiger partial charge in [0.15, 0.2) is 0 Å². The van der Waals surface area contributed by atoms with Crippen LogP contribution >= 0.6 is 27.7 Å². The molecule has 0 aliphatic rings. The van der Waals surface area contributed by atoms with Crippen molar-refractivity contribution in [3.8, 4) is 0 Å². The van der Waals surface area contributed by atoms with Crippen LogP contribution in [0.2, 0.25) is 0 Å². The zero-order valence-corrected chi connectivity index (χ0v) is 10.5. The van der Waals surface area contributed by atoms with Crippen molar-refractivity contribution in [1.82, 2.24) is 9.97 Å². The maximum Gasteiger partial charge on any atom is 0.101 e. The third-order valence-electron chi connectivity index (χ3n) is 1.81. The Labute approximate surface area is 101 Å². The van der Waals surface area contributed by atoms with Crippen LogP contribution in [0, 0.1) is 6.92 Å². The third-order valence-corrected chi connectivity index (χ3v) is 3.20. The number of aryl methyl sites for hydroxylation is 1. The molecule has 0 N–H and O–H groups in total. The van der Waals surface area contributed by atoms with Crippen molar-refractivity contribution < 1.29 is 0 Å². The molecule has 0 radical (unpaired) electrons. The van der Waals surface area contributed by atoms with E-state index >= 15 is 0 Å². The normalized spacial score (nSPS) is 10.3. The summed E-state index contributed by atoms with van der Waals surface area (Å²) in [6.45, 7) is 1.98. The molecule has 0 saturated heterocycles. The molecule has 0 aliphatic carbocycles. The van der Waals surface area contributed by atoms with E-state index in [4.69, 9.17) is 0 Å². The largest absolute Gasteiger partial charge is 0.260 e. The van der Waals surface area contributed by atoms with Crippen LogP contribution in [0.1, 0.15) is 5.69 Å². The molecule has 2 aromatic rings. The first kappa shape index (κ1) is 10.6. The lowest BCUT2D eigenvalue weighted by molar-refractivity contribution is 1.11. The van der Waals surface area contributed by atoms with Crippen molar-refractivity contribution >= 4 is 27.7 Å². The van der Waals surface area contributed by atoms with Gasteiger partial charge >= 0.3 is 0 Å². The molecule has 2 heterocycles. The number of nitrogens with zero attached hydrogens (tertiary/aromatic N) is 2. The molecule has 0 spiro atoms. The smallest absolute Gasteiger partial charge is 0.101 e. The summed E-state index contributed by atoms with van der Waals surface area (Å²) < 4.78 is 0.994. The number of aromatic nitrogens is 2. The lowest BCUT2D eigenvalue weighted by atomic mass is 10.4. The second-order valence-electron chi connectivity index (χ2n) is 3.05. The highest BCUT2D eigenvalue weighted by Gasteiger charge is 1.98. The predicted octanol–water partition coefficient (Wildman–Crippen LogP) is 3.70. The molecule has 0 unspecified atom stereocenters. The van der Waals surface area contributed by atoms with Crippen molar-refractivity contribution in [2.75, 3.05) is 0 Å². The van der Waals surface area contributed by atoms with Gasteiger partial charge in [-0.3, -0.25) is 4.98 Å². The zero-order chi connectivity index (χ0) is 10.7. The Morgan fingerprint density at radius 1 is 1.07 bits per heavy atom. The molecular weight excluding hydrogens is 272 g/mol. The van der Waals surface area contributed by atoms with Crippen LogP contribution in [0.3, 0.4) is 0 Å². The number of pyridine rings is 2. The highest BCUT2D eigenvalue weighted by Crippen LogP contribution is 2.25. The highest BCUT2D eigenvalue weighted by atomic mass is 79.9. The van der Waals surface area contributed by atoms with Crippen molar-refractivity contribution in [3.63, 3.8) is 0 Å². The Hall–Kier alpha value is -0.870. The van der Waals surface area contributed by atoms with Gasteiger partial charge in [-0.25, -0.2) is 4.98 Å². The van der Waals surface area contributed by atoms with E-state index in [1.165, 1.54) is 0 Å². The van der Waals surface area contributed by atoms with Gasteiger partial charge in [0.05, 0.1) is 0 Å². The van der Waals surface area contributed by atoms with Crippen LogP contribution in [-0.4, -0.2) is 9.97 Å². The molecule has 76 valence electrons. The van der Waals surface area contributed by atoms with Crippen molar-refractivity contribution in [3.05, 3.63) is 46.8 Å². The van der Waals surface area contributed by atoms with Gasteiger partial charge in [-0.05, 0) is 47.1 Å². The van der Waals surface area contributed by atoms with E-state index < -0.39 is 0 Å². The Morgan fingerprint density at radius 3 is 2.53 bits per heavy atom. The topological polar surface area (TPSA) is 25.8 Å². The highest BCUT2D eigenvalue weighted by molar-refractivity contribution is 9.10. The number of hydrogen-bond acceptors (Lipinski definition) is 3. The van der Waals surface area contributed by atoms with Gasteiger partial charge in [0.25, 0.3) is 0 Å². The van der Waals surface area contributed by atoms with Crippen molar-refractivity contribution in [1.29, 1.82) is 0 Å². The average molecular weight is 281 g/mol. The Balaban J connectivity index is 2.15. The van der Waals surface area contributed by atoms with E-state index in [9.17, 15) is 0 Å². The van der Waals surface area contributed by atoms with Crippen LogP contribution in [0.15, 0.2) is 51.1 Å². The molecule has 15 heavy (non-hydrogen) atoms. The molecule has 0 saturated carbocycles. The summed E-state index contributed by atoms with van der Waals surface area (Å²) in [6, 6.07) is 8.02. The summed E-state index contributed by atoms with van der Waals surface area (Å²) in [5.41, 5.74) is 1.03. The van der Waals surface area contributed by atoms with Crippen molar-refractivity contribution in [2.24, 2.45) is 0 Å². The molecule has 0 bridgehead atoms. The maximum absolute atomic E-state index is 4.28. The van der Waals surface area contributed by atoms with Crippen LogP contribution in [0.4, 0.5) is 0 Å². The molecule has 2 rings (SSSR count). The van der Waals surface area contributed by atoms with E-state index in [1.807, 2.05) is 31.3 Å². The lowest BCUT2D eigenvalue weighted by Gasteiger charge is -2.00. The molecule has 2 nitrogen and oxygen atoms in total. The van der Waals surface area contributed by atoms with Gasteiger partial charge in [0.2, 0.25) is 0 Å². The van der Waals surface area contributed by atoms with E-state index in [2.05, 4.69) is 32.0 Å². The van der Waals surface area contributed by atoms with E-state index in [0.29, 0.717) is 0 Å². The second kappa shape index (κ2) is 4.77. The number of rotatable bonds is 2. The minimum absolute atomic E-state index is 0.976. The Morgan fingerprint density at radius 2 is 1.93 bits per heavy atom. The average Bonchev–Trinajstić information content (AvgIpc) is 2.25. The molecule has 0 amide bonds. The van der Waals surface area contributed by atoms with Gasteiger partial charge in [-0.15, -0.1) is 0 Å². The monoisotopic (exact) mass is 280 g/mol. The fourth-order valence-corrected chi connectivity index (χ4v) is 2.02. The van der Waals surface area contributed by atoms with E-state index in [-0.39, 0.29) is 0 Å². The fraction of sp³-hybridized carbons (Fsp3) is 0.0909. The third kappa shape index (κ3) is 3.04. The van der Waals surface area contributed by atoms with Gasteiger partial charge in [-0.2, -0.15) is 0 Å². The summed E-state index contributed by atoms with van der Waals surface area (Å²) >= 11 is 4.97. The number of halogens is 1. The standard InChI is InChI=1S/C11H9BrN2S/c1-8-2-4-10(7-13-8)15-11-5-3-9(12)6-14-11/h2-7H,1H3. The maximum atomic E-state index is 4.28. The molecule has 2 aromatic heterocycles. The number of hydrogen-bond donors (Lipinski definition) is 0. The molecular formula is C11H9BrN2S. The quantitative estimate of drug-likeness (QED) is 0.839. The summed E-state index contributed by atoms with van der Waals surface area (Å²) in [5.74, 6) is 0. The Bertz CT molecular complexity index is 396. The SMILES string of the molecule is Cc1ccc(Sc2ccc(Br)cn2)cn1. The minimum Gasteiger partial charge on any atom is -0.260 e. The molecule has 0 atom stereocenters. The van der Waals surface area contributed by atoms with Gasteiger partial charge in [0.1, 0.15) is 5.03 Å². The van der Waals surface area contributed by atoms with Crippen molar-refractivity contribution in [2.45, 2.75) is 16.8 Å². The minimum atomic E-state index is 0.976. The first-order chi connectivity index (χ1) is 7.24. The zero-order valence-electron chi connectivity index (χ0n) is 8.14. The molecule has 0 fully saturated rings. The fourth-order valence-electron chi connectivity index (χ4n) is 1.06. The van der Waals surface area contributed by atoms with Gasteiger partial charge < -0.3 is 0 Å². The first-order valence-electron chi connectivity index (χ1n) is 4.46. The predicted molar refractivity (Wildman–Crippen MR) is 65.0 cm³/mol. The van der Waals surface area contributed by atoms with Gasteiger partial charge in [0, 0.05) is 27.5 Å². The van der Waals surface area contributed by atoms with Crippen LogP contribution in [0.25, 0.3) is 0 Å². The summed E-state index contributed by atoms with van der Waals surface area (Å²) in [6.07, 6.45) is 3.66. The van der Waals surface area contributed by atoms with Crippen LogP contribution < -0.4 is 0 Å². The summed E-state index contributed by atoms with van der Waals surface area (Å²) in [7, 11) is 0. The summed E-state index contributed by atoms with van der Waals surface area (Å²) in [4.78, 5) is 9.63. The van der Waals surface area contributed by atoms with Crippen LogP contribution in [0.5, 0.6) is 0 Å². The molecule has 0 aromatic carbocycles. The molecule has 0 aliphatic heterocycles. The van der Waals surface area contributed by atoms with Gasteiger partial charge in [-0.1, -0.05) is 11.8 Å². The second-order valence-corrected chi connectivity index (χ2v) is 5.06. The summed E-state index contributed by atoms with van der Waals surface area (Å²) in [5, 5.41) is 0.976.